The van der Waals surface area contributed by atoms with E-state index in [1.54, 1.807) is 29.6 Å². The molecule has 0 spiro atoms. The van der Waals surface area contributed by atoms with Gasteiger partial charge in [0.1, 0.15) is 12.8 Å². The molecule has 2 rings (SSSR count). The van der Waals surface area contributed by atoms with Crippen molar-refractivity contribution in [3.05, 3.63) is 53.9 Å². The molecule has 152 valence electrons. The first kappa shape index (κ1) is 21.8. The molecule has 10 heteroatoms. The molecule has 0 aliphatic carbocycles. The number of hydrogen-bond acceptors (Lipinski definition) is 5. The minimum Gasteiger partial charge on any atom is -0.386 e. The van der Waals surface area contributed by atoms with E-state index in [9.17, 15) is 31.5 Å². The van der Waals surface area contributed by atoms with Gasteiger partial charge in [0.2, 0.25) is 0 Å². The number of sulfone groups is 1. The lowest BCUT2D eigenvalue weighted by Crippen LogP contribution is -2.43. The molecule has 1 aromatic carbocycles. The second kappa shape index (κ2) is 9.16. The Bertz CT molecular complexity index is 903. The van der Waals surface area contributed by atoms with E-state index in [1.807, 2.05) is 0 Å². The average Bonchev–Trinajstić information content (AvgIpc) is 2.64. The number of halogens is 3. The molecular formula is C18H19F3N2O4S. The topological polar surface area (TPSA) is 96.4 Å². The van der Waals surface area contributed by atoms with Crippen LogP contribution >= 0.6 is 0 Å². The predicted molar refractivity (Wildman–Crippen MR) is 97.1 cm³/mol. The van der Waals surface area contributed by atoms with Crippen LogP contribution in [0.4, 0.5) is 13.2 Å². The van der Waals surface area contributed by atoms with Crippen LogP contribution in [-0.2, 0) is 20.4 Å². The lowest BCUT2D eigenvalue weighted by molar-refractivity contribution is -0.133. The largest absolute Gasteiger partial charge is 0.386 e. The minimum atomic E-state index is -3.30. The fraction of sp³-hybridized carbons (Fsp3) is 0.333. The number of nitrogens with one attached hydrogen (secondary N) is 1. The van der Waals surface area contributed by atoms with Gasteiger partial charge in [0.25, 0.3) is 5.91 Å². The van der Waals surface area contributed by atoms with Gasteiger partial charge in [-0.15, -0.1) is 0 Å². The molecule has 0 bridgehead atoms. The zero-order valence-electron chi connectivity index (χ0n) is 14.8. The Morgan fingerprint density at radius 1 is 1.14 bits per heavy atom. The summed E-state index contributed by atoms with van der Waals surface area (Å²) < 4.78 is 60.2. The number of amides is 1. The van der Waals surface area contributed by atoms with Crippen LogP contribution in [0.15, 0.2) is 42.6 Å². The van der Waals surface area contributed by atoms with Gasteiger partial charge in [-0.3, -0.25) is 9.78 Å². The number of benzene rings is 1. The number of aromatic nitrogens is 1. The summed E-state index contributed by atoms with van der Waals surface area (Å²) in [7, 11) is -3.19. The number of aliphatic hydroxyl groups is 1. The first-order valence-electron chi connectivity index (χ1n) is 8.16. The van der Waals surface area contributed by atoms with Crippen molar-refractivity contribution in [3.63, 3.8) is 0 Å². The number of carbonyl (C=O) groups excluding carboxylic acids is 1. The van der Waals surface area contributed by atoms with Crippen molar-refractivity contribution in [1.29, 1.82) is 0 Å². The Balaban J connectivity index is 2.12. The smallest absolute Gasteiger partial charge is 0.315 e. The van der Waals surface area contributed by atoms with Gasteiger partial charge in [-0.25, -0.2) is 12.8 Å². The SMILES string of the molecule is CS(=O)(=O)Cc1ccc(-c2ccc([C@H](O)[C@@H](CF)NC(=O)C(F)F)cc2)cn1. The van der Waals surface area contributed by atoms with E-state index in [1.165, 1.54) is 18.3 Å². The zero-order chi connectivity index (χ0) is 20.9. The maximum Gasteiger partial charge on any atom is 0.315 e. The zero-order valence-corrected chi connectivity index (χ0v) is 15.7. The normalized spacial score (nSPS) is 13.9. The van der Waals surface area contributed by atoms with Crippen LogP contribution in [0.25, 0.3) is 11.1 Å². The van der Waals surface area contributed by atoms with Crippen molar-refractivity contribution in [1.82, 2.24) is 10.3 Å². The van der Waals surface area contributed by atoms with Crippen LogP contribution in [0.2, 0.25) is 0 Å². The Labute approximate surface area is 160 Å². The Hall–Kier alpha value is -2.46. The van der Waals surface area contributed by atoms with Gasteiger partial charge in [-0.1, -0.05) is 30.3 Å². The lowest BCUT2D eigenvalue weighted by Gasteiger charge is -2.22. The Morgan fingerprint density at radius 2 is 1.75 bits per heavy atom. The van der Waals surface area contributed by atoms with Gasteiger partial charge in [-0.2, -0.15) is 8.78 Å². The van der Waals surface area contributed by atoms with Crippen molar-refractivity contribution < 1.29 is 31.5 Å². The van der Waals surface area contributed by atoms with E-state index in [2.05, 4.69) is 4.98 Å². The number of alkyl halides is 3. The monoisotopic (exact) mass is 416 g/mol. The number of pyridine rings is 1. The highest BCUT2D eigenvalue weighted by atomic mass is 32.2. The molecule has 2 atom stereocenters. The number of hydrogen-bond donors (Lipinski definition) is 2. The molecule has 0 saturated heterocycles. The molecular weight excluding hydrogens is 397 g/mol. The molecule has 0 saturated carbocycles. The quantitative estimate of drug-likeness (QED) is 0.687. The van der Waals surface area contributed by atoms with Crippen molar-refractivity contribution in [2.75, 3.05) is 12.9 Å². The molecule has 28 heavy (non-hydrogen) atoms. The van der Waals surface area contributed by atoms with E-state index in [0.29, 0.717) is 16.8 Å². The third kappa shape index (κ3) is 6.03. The summed E-state index contributed by atoms with van der Waals surface area (Å²) in [5.74, 6) is -1.83. The van der Waals surface area contributed by atoms with Crippen LogP contribution in [-0.4, -0.2) is 49.8 Å². The molecule has 0 fully saturated rings. The van der Waals surface area contributed by atoms with Crippen molar-refractivity contribution in [2.45, 2.75) is 24.3 Å². The highest BCUT2D eigenvalue weighted by Gasteiger charge is 2.26. The van der Waals surface area contributed by atoms with Gasteiger partial charge >= 0.3 is 6.43 Å². The second-order valence-electron chi connectivity index (χ2n) is 6.25. The standard InChI is InChI=1S/C18H19F3N2O4S/c1-28(26,27)10-14-7-6-13(9-22-14)11-2-4-12(5-3-11)16(24)15(8-19)23-18(25)17(20)21/h2-7,9,15-17,24H,8,10H2,1H3,(H,23,25)/t15-,16+/m1/s1. The minimum absolute atomic E-state index is 0.173. The van der Waals surface area contributed by atoms with E-state index in [-0.39, 0.29) is 11.3 Å². The highest BCUT2D eigenvalue weighted by molar-refractivity contribution is 7.89. The third-order valence-electron chi connectivity index (χ3n) is 3.89. The summed E-state index contributed by atoms with van der Waals surface area (Å²) in [6.07, 6.45) is -2.20. The molecule has 1 aromatic heterocycles. The molecule has 2 aromatic rings. The number of rotatable bonds is 8. The number of aliphatic hydroxyl groups excluding tert-OH is 1. The summed E-state index contributed by atoms with van der Waals surface area (Å²) in [5.41, 5.74) is 2.02. The van der Waals surface area contributed by atoms with Gasteiger partial charge < -0.3 is 10.4 Å². The first-order chi connectivity index (χ1) is 13.1. The van der Waals surface area contributed by atoms with E-state index in [0.717, 1.165) is 6.26 Å². The van der Waals surface area contributed by atoms with Gasteiger partial charge in [0.05, 0.1) is 17.5 Å². The van der Waals surface area contributed by atoms with E-state index in [4.69, 9.17) is 0 Å². The van der Waals surface area contributed by atoms with Crippen LogP contribution in [0.5, 0.6) is 0 Å². The second-order valence-corrected chi connectivity index (χ2v) is 8.39. The summed E-state index contributed by atoms with van der Waals surface area (Å²) in [4.78, 5) is 15.1. The molecule has 2 N–H and O–H groups in total. The van der Waals surface area contributed by atoms with Gasteiger partial charge in [0, 0.05) is 18.0 Å². The van der Waals surface area contributed by atoms with Crippen LogP contribution in [0.3, 0.4) is 0 Å². The molecule has 0 radical (unpaired) electrons. The molecule has 6 nitrogen and oxygen atoms in total. The van der Waals surface area contributed by atoms with Crippen LogP contribution in [0.1, 0.15) is 17.4 Å². The van der Waals surface area contributed by atoms with E-state index < -0.39 is 41.0 Å². The van der Waals surface area contributed by atoms with Crippen molar-refractivity contribution >= 4 is 15.7 Å². The molecule has 1 amide bonds. The number of carbonyl (C=O) groups is 1. The Morgan fingerprint density at radius 3 is 2.21 bits per heavy atom. The lowest BCUT2D eigenvalue weighted by atomic mass is 9.99. The third-order valence-corrected chi connectivity index (χ3v) is 4.71. The molecule has 1 heterocycles. The number of nitrogens with zero attached hydrogens (tertiary/aromatic N) is 1. The predicted octanol–water partition coefficient (Wildman–Crippen LogP) is 2.05. The maximum absolute atomic E-state index is 13.0. The average molecular weight is 416 g/mol. The van der Waals surface area contributed by atoms with E-state index >= 15 is 0 Å². The van der Waals surface area contributed by atoms with Crippen LogP contribution in [0, 0.1) is 0 Å². The Kier molecular flexibility index (Phi) is 7.14. The summed E-state index contributed by atoms with van der Waals surface area (Å²) in [6.45, 7) is -1.22. The summed E-state index contributed by atoms with van der Waals surface area (Å²) in [5, 5.41) is 11.9. The molecule has 0 unspecified atom stereocenters. The van der Waals surface area contributed by atoms with Crippen molar-refractivity contribution in [2.24, 2.45) is 0 Å². The summed E-state index contributed by atoms with van der Waals surface area (Å²) >= 11 is 0. The maximum atomic E-state index is 13.0. The summed E-state index contributed by atoms with van der Waals surface area (Å²) in [6, 6.07) is 7.93. The van der Waals surface area contributed by atoms with Crippen molar-refractivity contribution in [3.8, 4) is 11.1 Å². The first-order valence-corrected chi connectivity index (χ1v) is 10.2. The molecule has 0 aliphatic heterocycles. The van der Waals surface area contributed by atoms with Gasteiger partial charge in [-0.05, 0) is 17.2 Å². The molecule has 0 aliphatic rings. The van der Waals surface area contributed by atoms with Crippen LogP contribution < -0.4 is 5.32 Å². The highest BCUT2D eigenvalue weighted by Crippen LogP contribution is 2.24. The fourth-order valence-corrected chi connectivity index (χ4v) is 3.21. The fourth-order valence-electron chi connectivity index (χ4n) is 2.50. The van der Waals surface area contributed by atoms with Gasteiger partial charge in [0.15, 0.2) is 9.84 Å².